The summed E-state index contributed by atoms with van der Waals surface area (Å²) in [6, 6.07) is 0.713. The molecule has 0 aromatic heterocycles. The molecule has 0 atom stereocenters. The largest absolute Gasteiger partial charge is 0.329 e. The molecule has 3 heteroatoms. The van der Waals surface area contributed by atoms with Gasteiger partial charge in [0, 0.05) is 12.6 Å². The molecule has 3 nitrogen and oxygen atoms in total. The van der Waals surface area contributed by atoms with Crippen LogP contribution in [0.25, 0.3) is 0 Å². The molecule has 2 aliphatic rings. The highest BCUT2D eigenvalue weighted by molar-refractivity contribution is 5.80. The van der Waals surface area contributed by atoms with Gasteiger partial charge in [-0.05, 0) is 19.8 Å². The van der Waals surface area contributed by atoms with Crippen molar-refractivity contribution < 1.29 is 4.79 Å². The molecule has 0 unspecified atom stereocenters. The second-order valence-corrected chi connectivity index (χ2v) is 3.72. The quantitative estimate of drug-likeness (QED) is 0.604. The summed E-state index contributed by atoms with van der Waals surface area (Å²) in [4.78, 5) is 15.6. The standard InChI is InChI=1S/C9H16N2O/c1-2-10-7-11(6-9(10)12)8-4-3-5-8/h8H,2-7H2,1H3. The summed E-state index contributed by atoms with van der Waals surface area (Å²) >= 11 is 0. The van der Waals surface area contributed by atoms with E-state index in [4.69, 9.17) is 0 Å². The van der Waals surface area contributed by atoms with Gasteiger partial charge in [-0.2, -0.15) is 0 Å². The van der Waals surface area contributed by atoms with Crippen LogP contribution in [0.2, 0.25) is 0 Å². The summed E-state index contributed by atoms with van der Waals surface area (Å²) in [5.74, 6) is 0.310. The Morgan fingerprint density at radius 1 is 1.50 bits per heavy atom. The van der Waals surface area contributed by atoms with Gasteiger partial charge in [-0.1, -0.05) is 6.42 Å². The van der Waals surface area contributed by atoms with Gasteiger partial charge in [0.1, 0.15) is 0 Å². The summed E-state index contributed by atoms with van der Waals surface area (Å²) in [7, 11) is 0. The number of carbonyl (C=O) groups is 1. The van der Waals surface area contributed by atoms with Gasteiger partial charge < -0.3 is 4.90 Å². The zero-order chi connectivity index (χ0) is 8.55. The molecule has 1 aliphatic heterocycles. The summed E-state index contributed by atoms with van der Waals surface area (Å²) in [6.45, 7) is 4.45. The zero-order valence-electron chi connectivity index (χ0n) is 7.62. The Balaban J connectivity index is 1.91. The van der Waals surface area contributed by atoms with Crippen molar-refractivity contribution in [2.24, 2.45) is 0 Å². The zero-order valence-corrected chi connectivity index (χ0v) is 7.62. The summed E-state index contributed by atoms with van der Waals surface area (Å²) < 4.78 is 0. The van der Waals surface area contributed by atoms with Crippen molar-refractivity contribution >= 4 is 5.91 Å². The Hall–Kier alpha value is -0.570. The Morgan fingerprint density at radius 2 is 2.25 bits per heavy atom. The minimum atomic E-state index is 0.310. The number of rotatable bonds is 2. The Labute approximate surface area is 73.3 Å². The predicted molar refractivity (Wildman–Crippen MR) is 46.6 cm³/mol. The van der Waals surface area contributed by atoms with Crippen molar-refractivity contribution in [3.05, 3.63) is 0 Å². The first-order valence-corrected chi connectivity index (χ1v) is 4.83. The third kappa shape index (κ3) is 1.22. The molecule has 1 saturated carbocycles. The first kappa shape index (κ1) is 8.05. The number of hydrogen-bond acceptors (Lipinski definition) is 2. The van der Waals surface area contributed by atoms with E-state index in [0.717, 1.165) is 13.2 Å². The van der Waals surface area contributed by atoms with E-state index in [1.807, 2.05) is 11.8 Å². The third-order valence-electron chi connectivity index (χ3n) is 3.02. The van der Waals surface area contributed by atoms with Gasteiger partial charge in [-0.25, -0.2) is 0 Å². The molecule has 1 saturated heterocycles. The highest BCUT2D eigenvalue weighted by Gasteiger charge is 2.33. The number of carbonyl (C=O) groups excluding carboxylic acids is 1. The average Bonchev–Trinajstić information content (AvgIpc) is 2.27. The molecule has 0 N–H and O–H groups in total. The van der Waals surface area contributed by atoms with Gasteiger partial charge in [-0.15, -0.1) is 0 Å². The van der Waals surface area contributed by atoms with Crippen molar-refractivity contribution in [3.63, 3.8) is 0 Å². The number of amides is 1. The molecular formula is C9H16N2O. The van der Waals surface area contributed by atoms with E-state index in [1.165, 1.54) is 19.3 Å². The van der Waals surface area contributed by atoms with Gasteiger partial charge in [-0.3, -0.25) is 9.69 Å². The fourth-order valence-electron chi connectivity index (χ4n) is 1.89. The van der Waals surface area contributed by atoms with Crippen LogP contribution in [0.3, 0.4) is 0 Å². The van der Waals surface area contributed by atoms with Crippen molar-refractivity contribution in [1.82, 2.24) is 9.80 Å². The maximum Gasteiger partial charge on any atom is 0.237 e. The van der Waals surface area contributed by atoms with E-state index in [2.05, 4.69) is 4.90 Å². The van der Waals surface area contributed by atoms with Crippen LogP contribution >= 0.6 is 0 Å². The summed E-state index contributed by atoms with van der Waals surface area (Å²) in [5, 5.41) is 0. The molecule has 1 aliphatic carbocycles. The van der Waals surface area contributed by atoms with Crippen LogP contribution in [-0.4, -0.2) is 41.5 Å². The molecule has 2 fully saturated rings. The SMILES string of the molecule is CCN1CN(C2CCC2)CC1=O. The van der Waals surface area contributed by atoms with E-state index in [0.29, 0.717) is 18.5 Å². The predicted octanol–water partition coefficient (Wildman–Crippen LogP) is 0.660. The van der Waals surface area contributed by atoms with Crippen LogP contribution in [0.15, 0.2) is 0 Å². The van der Waals surface area contributed by atoms with E-state index >= 15 is 0 Å². The molecule has 0 aromatic rings. The molecule has 0 aromatic carbocycles. The van der Waals surface area contributed by atoms with E-state index < -0.39 is 0 Å². The lowest BCUT2D eigenvalue weighted by molar-refractivity contribution is -0.126. The summed E-state index contributed by atoms with van der Waals surface area (Å²) in [6.07, 6.45) is 3.94. The minimum Gasteiger partial charge on any atom is -0.329 e. The third-order valence-corrected chi connectivity index (χ3v) is 3.02. The Morgan fingerprint density at radius 3 is 2.67 bits per heavy atom. The monoisotopic (exact) mass is 168 g/mol. The number of hydrogen-bond donors (Lipinski definition) is 0. The van der Waals surface area contributed by atoms with Gasteiger partial charge in [0.25, 0.3) is 0 Å². The molecule has 1 amide bonds. The van der Waals surface area contributed by atoms with E-state index in [1.54, 1.807) is 0 Å². The molecule has 68 valence electrons. The maximum atomic E-state index is 11.3. The van der Waals surface area contributed by atoms with Crippen LogP contribution in [0.5, 0.6) is 0 Å². The maximum absolute atomic E-state index is 11.3. The van der Waals surface area contributed by atoms with Crippen LogP contribution in [0, 0.1) is 0 Å². The van der Waals surface area contributed by atoms with Crippen LogP contribution in [0.4, 0.5) is 0 Å². The van der Waals surface area contributed by atoms with Crippen LogP contribution in [-0.2, 0) is 4.79 Å². The molecule has 12 heavy (non-hydrogen) atoms. The van der Waals surface area contributed by atoms with Crippen molar-refractivity contribution in [3.8, 4) is 0 Å². The number of likely N-dealkylation sites (N-methyl/N-ethyl adjacent to an activating group) is 1. The highest BCUT2D eigenvalue weighted by Crippen LogP contribution is 2.26. The first-order chi connectivity index (χ1) is 5.81. The van der Waals surface area contributed by atoms with Crippen LogP contribution < -0.4 is 0 Å². The van der Waals surface area contributed by atoms with Gasteiger partial charge in [0.15, 0.2) is 0 Å². The molecular weight excluding hydrogens is 152 g/mol. The minimum absolute atomic E-state index is 0.310. The number of nitrogens with zero attached hydrogens (tertiary/aromatic N) is 2. The normalized spacial score (nSPS) is 26.4. The van der Waals surface area contributed by atoms with Gasteiger partial charge >= 0.3 is 0 Å². The van der Waals surface area contributed by atoms with Gasteiger partial charge in [0.05, 0.1) is 13.2 Å². The molecule has 1 heterocycles. The topological polar surface area (TPSA) is 23.6 Å². The lowest BCUT2D eigenvalue weighted by Crippen LogP contribution is -2.39. The van der Waals surface area contributed by atoms with E-state index in [-0.39, 0.29) is 0 Å². The molecule has 0 bridgehead atoms. The molecule has 2 rings (SSSR count). The lowest BCUT2D eigenvalue weighted by Gasteiger charge is -2.33. The highest BCUT2D eigenvalue weighted by atomic mass is 16.2. The van der Waals surface area contributed by atoms with Crippen molar-refractivity contribution in [2.75, 3.05) is 19.8 Å². The Kier molecular flexibility index (Phi) is 2.05. The van der Waals surface area contributed by atoms with Crippen molar-refractivity contribution in [1.29, 1.82) is 0 Å². The fourth-order valence-corrected chi connectivity index (χ4v) is 1.89. The molecule has 0 spiro atoms. The van der Waals surface area contributed by atoms with Gasteiger partial charge in [0.2, 0.25) is 5.91 Å². The first-order valence-electron chi connectivity index (χ1n) is 4.83. The molecule has 0 radical (unpaired) electrons. The second kappa shape index (κ2) is 3.05. The Bertz CT molecular complexity index is 189. The summed E-state index contributed by atoms with van der Waals surface area (Å²) in [5.41, 5.74) is 0. The van der Waals surface area contributed by atoms with Crippen LogP contribution in [0.1, 0.15) is 26.2 Å². The average molecular weight is 168 g/mol. The lowest BCUT2D eigenvalue weighted by atomic mass is 9.92. The van der Waals surface area contributed by atoms with Crippen molar-refractivity contribution in [2.45, 2.75) is 32.2 Å². The smallest absolute Gasteiger partial charge is 0.237 e. The second-order valence-electron chi connectivity index (χ2n) is 3.72. The van der Waals surface area contributed by atoms with E-state index in [9.17, 15) is 4.79 Å². The fraction of sp³-hybridized carbons (Fsp3) is 0.889.